The number of aryl methyl sites for hydroxylation is 1. The minimum Gasteiger partial charge on any atom is -0.432 e. The fourth-order valence-electron chi connectivity index (χ4n) is 7.02. The van der Waals surface area contributed by atoms with Crippen molar-refractivity contribution in [2.75, 3.05) is 23.3 Å². The highest BCUT2D eigenvalue weighted by Gasteiger charge is 2.35. The number of sulfone groups is 1. The van der Waals surface area contributed by atoms with Gasteiger partial charge in [0.1, 0.15) is 17.2 Å². The van der Waals surface area contributed by atoms with Gasteiger partial charge in [0.25, 0.3) is 5.56 Å². The first kappa shape index (κ1) is 32.0. The normalized spacial score (nSPS) is 18.9. The van der Waals surface area contributed by atoms with E-state index in [1.54, 1.807) is 24.4 Å². The van der Waals surface area contributed by atoms with Gasteiger partial charge in [0, 0.05) is 48.0 Å². The maximum Gasteiger partial charge on any atom is 0.260 e. The standard InChI is InChI=1S/C35H38FN7O4S/c1-21-8-4-7-11-27(21)28-14-24-16-37-35(40-25-12-13-31(29(36)15-25)42-17-22(2)39-23(3)18-42)41-32(24)43(33(28)44)19-30-34(47-20-38-30)48(45,46)26-9-5-6-10-26/h4,7-8,11-16,20,22-23,26,39H,5-6,9-10,17-19H2,1-3H3,(H,37,40,41)/t22-,23+. The van der Waals surface area contributed by atoms with Crippen LogP contribution in [0.2, 0.25) is 0 Å². The van der Waals surface area contributed by atoms with Gasteiger partial charge >= 0.3 is 0 Å². The van der Waals surface area contributed by atoms with Crippen molar-refractivity contribution in [3.63, 3.8) is 0 Å². The second-order valence-corrected chi connectivity index (χ2v) is 15.1. The third kappa shape index (κ3) is 6.08. The van der Waals surface area contributed by atoms with Crippen LogP contribution in [0, 0.1) is 12.7 Å². The Kier molecular flexibility index (Phi) is 8.50. The Hall–Kier alpha value is -4.62. The number of benzene rings is 2. The molecule has 250 valence electrons. The van der Waals surface area contributed by atoms with Crippen molar-refractivity contribution in [1.82, 2.24) is 24.8 Å². The summed E-state index contributed by atoms with van der Waals surface area (Å²) >= 11 is 0. The van der Waals surface area contributed by atoms with Crippen LogP contribution in [0.3, 0.4) is 0 Å². The Balaban J connectivity index is 1.28. The maximum atomic E-state index is 15.4. The zero-order valence-electron chi connectivity index (χ0n) is 27.1. The van der Waals surface area contributed by atoms with Crippen LogP contribution in [-0.2, 0) is 16.4 Å². The van der Waals surface area contributed by atoms with Crippen molar-refractivity contribution in [3.8, 4) is 11.1 Å². The predicted molar refractivity (Wildman–Crippen MR) is 183 cm³/mol. The fourth-order valence-corrected chi connectivity index (χ4v) is 8.90. The highest BCUT2D eigenvalue weighted by molar-refractivity contribution is 7.92. The molecule has 1 saturated carbocycles. The smallest absolute Gasteiger partial charge is 0.260 e. The summed E-state index contributed by atoms with van der Waals surface area (Å²) in [5.74, 6) is -0.223. The molecule has 1 saturated heterocycles. The number of aromatic nitrogens is 4. The number of fused-ring (bicyclic) bond motifs is 1. The molecule has 2 aromatic carbocycles. The topological polar surface area (TPSA) is 135 Å². The van der Waals surface area contributed by atoms with Crippen LogP contribution in [0.1, 0.15) is 50.8 Å². The summed E-state index contributed by atoms with van der Waals surface area (Å²) < 4.78 is 49.4. The van der Waals surface area contributed by atoms with Crippen LogP contribution >= 0.6 is 0 Å². The Morgan fingerprint density at radius 3 is 2.50 bits per heavy atom. The van der Waals surface area contributed by atoms with Crippen molar-refractivity contribution in [3.05, 3.63) is 88.5 Å². The molecule has 11 nitrogen and oxygen atoms in total. The predicted octanol–water partition coefficient (Wildman–Crippen LogP) is 5.59. The Bertz CT molecular complexity index is 2150. The Morgan fingerprint density at radius 1 is 1.02 bits per heavy atom. The highest BCUT2D eigenvalue weighted by Crippen LogP contribution is 2.32. The van der Waals surface area contributed by atoms with E-state index >= 15 is 4.39 Å². The summed E-state index contributed by atoms with van der Waals surface area (Å²) in [7, 11) is -3.78. The number of hydrogen-bond acceptors (Lipinski definition) is 10. The van der Waals surface area contributed by atoms with E-state index in [1.165, 1.54) is 10.6 Å². The highest BCUT2D eigenvalue weighted by atomic mass is 32.2. The maximum absolute atomic E-state index is 15.4. The van der Waals surface area contributed by atoms with Gasteiger partial charge < -0.3 is 20.0 Å². The van der Waals surface area contributed by atoms with Gasteiger partial charge in [-0.25, -0.2) is 22.8 Å². The van der Waals surface area contributed by atoms with Crippen molar-refractivity contribution in [2.24, 2.45) is 0 Å². The molecule has 4 heterocycles. The van der Waals surface area contributed by atoms with Crippen LogP contribution in [0.5, 0.6) is 0 Å². The molecule has 7 rings (SSSR count). The van der Waals surface area contributed by atoms with Crippen LogP contribution in [0.15, 0.2) is 75.4 Å². The molecule has 1 aliphatic heterocycles. The van der Waals surface area contributed by atoms with E-state index in [0.717, 1.165) is 30.4 Å². The van der Waals surface area contributed by atoms with Gasteiger partial charge in [-0.2, -0.15) is 4.98 Å². The van der Waals surface area contributed by atoms with Crippen molar-refractivity contribution >= 4 is 38.2 Å². The average molecular weight is 672 g/mol. The molecule has 48 heavy (non-hydrogen) atoms. The van der Waals surface area contributed by atoms with Gasteiger partial charge in [0.05, 0.1) is 17.5 Å². The van der Waals surface area contributed by atoms with Gasteiger partial charge in [-0.3, -0.25) is 9.36 Å². The molecule has 0 bridgehead atoms. The van der Waals surface area contributed by atoms with Crippen molar-refractivity contribution < 1.29 is 17.2 Å². The lowest BCUT2D eigenvalue weighted by molar-refractivity contribution is 0.404. The third-order valence-corrected chi connectivity index (χ3v) is 11.5. The fraction of sp³-hybridized carbons (Fsp3) is 0.371. The molecule has 0 amide bonds. The van der Waals surface area contributed by atoms with Gasteiger partial charge in [0.15, 0.2) is 6.39 Å². The SMILES string of the molecule is Cc1ccccc1-c1cc2cnc(Nc3ccc(N4C[C@@H](C)N[C@@H](C)C4)c(F)c3)nc2n(Cc2ncoc2S(=O)(=O)C2CCCC2)c1=O. The quantitative estimate of drug-likeness (QED) is 0.215. The minimum atomic E-state index is -3.78. The van der Waals surface area contributed by atoms with E-state index in [0.29, 0.717) is 48.3 Å². The van der Waals surface area contributed by atoms with E-state index in [1.807, 2.05) is 36.1 Å². The lowest BCUT2D eigenvalue weighted by Gasteiger charge is -2.37. The van der Waals surface area contributed by atoms with Crippen LogP contribution in [0.25, 0.3) is 22.2 Å². The average Bonchev–Trinajstić information content (AvgIpc) is 3.76. The van der Waals surface area contributed by atoms with Gasteiger partial charge in [0.2, 0.25) is 20.9 Å². The Morgan fingerprint density at radius 2 is 1.77 bits per heavy atom. The number of halogens is 1. The van der Waals surface area contributed by atoms with Gasteiger partial charge in [-0.05, 0) is 69.0 Å². The zero-order valence-corrected chi connectivity index (χ0v) is 27.9. The summed E-state index contributed by atoms with van der Waals surface area (Å²) in [6, 6.07) is 14.7. The second-order valence-electron chi connectivity index (χ2n) is 12.9. The number of hydrogen-bond donors (Lipinski definition) is 2. The molecule has 1 aliphatic carbocycles. The first-order chi connectivity index (χ1) is 23.1. The monoisotopic (exact) mass is 671 g/mol. The number of nitrogens with zero attached hydrogens (tertiary/aromatic N) is 5. The molecule has 0 unspecified atom stereocenters. The summed E-state index contributed by atoms with van der Waals surface area (Å²) in [4.78, 5) is 29.7. The van der Waals surface area contributed by atoms with Crippen molar-refractivity contribution in [1.29, 1.82) is 0 Å². The van der Waals surface area contributed by atoms with Gasteiger partial charge in [-0.1, -0.05) is 37.1 Å². The number of nitrogens with one attached hydrogen (secondary N) is 2. The van der Waals surface area contributed by atoms with Crippen LogP contribution < -0.4 is 21.1 Å². The molecule has 0 spiro atoms. The lowest BCUT2D eigenvalue weighted by Crippen LogP contribution is -2.54. The van der Waals surface area contributed by atoms with E-state index in [2.05, 4.69) is 34.4 Å². The first-order valence-electron chi connectivity index (χ1n) is 16.3. The molecule has 2 atom stereocenters. The second kappa shape index (κ2) is 12.8. The van der Waals surface area contributed by atoms with Gasteiger partial charge in [-0.15, -0.1) is 0 Å². The summed E-state index contributed by atoms with van der Waals surface area (Å²) in [6.07, 6.45) is 5.50. The molecule has 2 N–H and O–H groups in total. The van der Waals surface area contributed by atoms with Crippen LogP contribution in [-0.4, -0.2) is 58.4 Å². The molecule has 5 aromatic rings. The van der Waals surface area contributed by atoms with Crippen molar-refractivity contribution in [2.45, 2.75) is 75.4 Å². The number of anilines is 3. The van der Waals surface area contributed by atoms with E-state index in [4.69, 9.17) is 9.40 Å². The largest absolute Gasteiger partial charge is 0.432 e. The molecule has 2 aliphatic rings. The van der Waals surface area contributed by atoms with E-state index < -0.39 is 15.1 Å². The molecular formula is C35H38FN7O4S. The third-order valence-electron chi connectivity index (χ3n) is 9.28. The molecule has 13 heteroatoms. The summed E-state index contributed by atoms with van der Waals surface area (Å²) in [6.45, 7) is 7.28. The number of piperazine rings is 1. The molecule has 0 radical (unpaired) electrons. The molecule has 2 fully saturated rings. The number of rotatable bonds is 8. The molecular weight excluding hydrogens is 633 g/mol. The zero-order chi connectivity index (χ0) is 33.6. The molecule has 3 aromatic heterocycles. The first-order valence-corrected chi connectivity index (χ1v) is 17.8. The minimum absolute atomic E-state index is 0.134. The summed E-state index contributed by atoms with van der Waals surface area (Å²) in [5, 5.41) is 6.34. The number of pyridine rings is 1. The van der Waals surface area contributed by atoms with E-state index in [9.17, 15) is 13.2 Å². The lowest BCUT2D eigenvalue weighted by atomic mass is 10.0. The van der Waals surface area contributed by atoms with Crippen LogP contribution in [0.4, 0.5) is 21.7 Å². The number of oxazole rings is 1. The summed E-state index contributed by atoms with van der Waals surface area (Å²) in [5.41, 5.74) is 3.06. The van der Waals surface area contributed by atoms with E-state index in [-0.39, 0.29) is 52.4 Å². The Labute approximate surface area is 278 Å².